The quantitative estimate of drug-likeness (QED) is 0.593. The second-order valence-electron chi connectivity index (χ2n) is 6.94. The number of aromatic nitrogens is 3. The summed E-state index contributed by atoms with van der Waals surface area (Å²) >= 11 is 0. The first kappa shape index (κ1) is 20.9. The first-order valence-corrected chi connectivity index (χ1v) is 9.76. The summed E-state index contributed by atoms with van der Waals surface area (Å²) < 4.78 is 12.1. The molecule has 1 N–H and O–H groups in total. The molecule has 1 saturated heterocycles. The van der Waals surface area contributed by atoms with E-state index in [0.29, 0.717) is 32.8 Å². The van der Waals surface area contributed by atoms with Crippen molar-refractivity contribution in [2.24, 2.45) is 0 Å². The van der Waals surface area contributed by atoms with Crippen LogP contribution in [0.2, 0.25) is 0 Å². The highest BCUT2D eigenvalue weighted by Crippen LogP contribution is 2.19. The number of carbonyl (C=O) groups excluding carboxylic acids is 2. The third-order valence-corrected chi connectivity index (χ3v) is 4.80. The Morgan fingerprint density at radius 1 is 1.28 bits per heavy atom. The fraction of sp³-hybridized carbons (Fsp3) is 0.500. The van der Waals surface area contributed by atoms with E-state index in [0.717, 1.165) is 18.4 Å². The third kappa shape index (κ3) is 6.10. The Morgan fingerprint density at radius 2 is 2.10 bits per heavy atom. The van der Waals surface area contributed by atoms with E-state index in [-0.39, 0.29) is 30.2 Å². The maximum atomic E-state index is 12.6. The van der Waals surface area contributed by atoms with Crippen LogP contribution in [-0.4, -0.2) is 71.2 Å². The van der Waals surface area contributed by atoms with Crippen LogP contribution in [-0.2, 0) is 27.4 Å². The second-order valence-corrected chi connectivity index (χ2v) is 6.94. The van der Waals surface area contributed by atoms with Crippen molar-refractivity contribution in [3.8, 4) is 0 Å². The Labute approximate surface area is 170 Å². The predicted octanol–water partition coefficient (Wildman–Crippen LogP) is 0.862. The van der Waals surface area contributed by atoms with E-state index in [4.69, 9.17) is 9.47 Å². The highest BCUT2D eigenvalue weighted by atomic mass is 16.5. The summed E-state index contributed by atoms with van der Waals surface area (Å²) in [5.74, 6) is -0.317. The number of rotatable bonds is 10. The minimum Gasteiger partial charge on any atom is -0.383 e. The summed E-state index contributed by atoms with van der Waals surface area (Å²) in [5, 5.41) is 10.7. The minimum atomic E-state index is -0.290. The summed E-state index contributed by atoms with van der Waals surface area (Å²) in [6.07, 6.45) is 3.43. The summed E-state index contributed by atoms with van der Waals surface area (Å²) in [6.45, 7) is 2.52. The molecule has 1 aromatic heterocycles. The first-order chi connectivity index (χ1) is 14.2. The monoisotopic (exact) mass is 401 g/mol. The van der Waals surface area contributed by atoms with Crippen molar-refractivity contribution in [2.45, 2.75) is 32.0 Å². The smallest absolute Gasteiger partial charge is 0.273 e. The molecule has 0 bridgehead atoms. The van der Waals surface area contributed by atoms with Crippen molar-refractivity contribution in [3.05, 3.63) is 47.8 Å². The second kappa shape index (κ2) is 10.7. The molecule has 29 heavy (non-hydrogen) atoms. The maximum Gasteiger partial charge on any atom is 0.273 e. The summed E-state index contributed by atoms with van der Waals surface area (Å²) in [7, 11) is 1.57. The van der Waals surface area contributed by atoms with Gasteiger partial charge >= 0.3 is 0 Å². The van der Waals surface area contributed by atoms with Gasteiger partial charge < -0.3 is 19.7 Å². The SMILES string of the molecule is COCCNC(=O)c1cn(C[C@@H]2CCCN2C(=O)COCc2ccccc2)nn1. The molecule has 1 aliphatic rings. The Balaban J connectivity index is 1.47. The van der Waals surface area contributed by atoms with Crippen molar-refractivity contribution >= 4 is 11.8 Å². The molecule has 9 nitrogen and oxygen atoms in total. The van der Waals surface area contributed by atoms with Gasteiger partial charge in [-0.2, -0.15) is 0 Å². The molecule has 0 spiro atoms. The molecule has 0 saturated carbocycles. The number of ether oxygens (including phenoxy) is 2. The lowest BCUT2D eigenvalue weighted by Gasteiger charge is -2.24. The number of amides is 2. The summed E-state index contributed by atoms with van der Waals surface area (Å²) in [5.41, 5.74) is 1.29. The number of methoxy groups -OCH3 is 1. The number of nitrogens with zero attached hydrogens (tertiary/aromatic N) is 4. The molecule has 1 aromatic carbocycles. The Morgan fingerprint density at radius 3 is 2.90 bits per heavy atom. The van der Waals surface area contributed by atoms with Gasteiger partial charge in [-0.1, -0.05) is 35.5 Å². The van der Waals surface area contributed by atoms with E-state index in [1.165, 1.54) is 0 Å². The van der Waals surface area contributed by atoms with Crippen LogP contribution in [0, 0.1) is 0 Å². The van der Waals surface area contributed by atoms with Gasteiger partial charge in [-0.15, -0.1) is 5.10 Å². The van der Waals surface area contributed by atoms with E-state index in [2.05, 4.69) is 15.6 Å². The van der Waals surface area contributed by atoms with Crippen LogP contribution in [0.3, 0.4) is 0 Å². The first-order valence-electron chi connectivity index (χ1n) is 9.76. The lowest BCUT2D eigenvalue weighted by atomic mass is 10.2. The molecule has 0 radical (unpaired) electrons. The fourth-order valence-electron chi connectivity index (χ4n) is 3.33. The minimum absolute atomic E-state index is 0.0222. The van der Waals surface area contributed by atoms with Crippen LogP contribution in [0.25, 0.3) is 0 Å². The molecule has 3 rings (SSSR count). The number of hydrogen-bond donors (Lipinski definition) is 1. The highest BCUT2D eigenvalue weighted by Gasteiger charge is 2.29. The molecule has 1 aliphatic heterocycles. The molecule has 2 aromatic rings. The lowest BCUT2D eigenvalue weighted by molar-refractivity contribution is -0.137. The van der Waals surface area contributed by atoms with Gasteiger partial charge in [0, 0.05) is 20.2 Å². The average molecular weight is 401 g/mol. The van der Waals surface area contributed by atoms with Crippen molar-refractivity contribution in [2.75, 3.05) is 33.4 Å². The van der Waals surface area contributed by atoms with Gasteiger partial charge in [0.15, 0.2) is 5.69 Å². The maximum absolute atomic E-state index is 12.6. The standard InChI is InChI=1S/C20H27N5O4/c1-28-11-9-21-20(27)18-13-24(23-22-18)12-17-8-5-10-25(17)19(26)15-29-14-16-6-3-2-4-7-16/h2-4,6-7,13,17H,5,8-12,14-15H2,1H3,(H,21,27)/t17-/m0/s1. The Bertz CT molecular complexity index is 795. The molecular formula is C20H27N5O4. The summed E-state index contributed by atoms with van der Waals surface area (Å²) in [6, 6.07) is 9.80. The van der Waals surface area contributed by atoms with Crippen molar-refractivity contribution < 1.29 is 19.1 Å². The molecule has 2 heterocycles. The van der Waals surface area contributed by atoms with E-state index in [1.807, 2.05) is 35.2 Å². The molecule has 9 heteroatoms. The van der Waals surface area contributed by atoms with Gasteiger partial charge in [0.1, 0.15) is 6.61 Å². The molecule has 1 fully saturated rings. The van der Waals surface area contributed by atoms with Crippen molar-refractivity contribution in [1.82, 2.24) is 25.2 Å². The van der Waals surface area contributed by atoms with Crippen molar-refractivity contribution in [3.63, 3.8) is 0 Å². The van der Waals surface area contributed by atoms with Gasteiger partial charge in [0.25, 0.3) is 5.91 Å². The van der Waals surface area contributed by atoms with Crippen LogP contribution in [0.5, 0.6) is 0 Å². The van der Waals surface area contributed by atoms with Gasteiger partial charge in [-0.05, 0) is 18.4 Å². The van der Waals surface area contributed by atoms with E-state index in [9.17, 15) is 9.59 Å². The molecular weight excluding hydrogens is 374 g/mol. The van der Waals surface area contributed by atoms with Crippen LogP contribution in [0.1, 0.15) is 28.9 Å². The average Bonchev–Trinajstić information content (AvgIpc) is 3.39. The fourth-order valence-corrected chi connectivity index (χ4v) is 3.33. The van der Waals surface area contributed by atoms with Gasteiger partial charge in [-0.25, -0.2) is 4.68 Å². The Hall–Kier alpha value is -2.78. The van der Waals surface area contributed by atoms with Crippen LogP contribution in [0.15, 0.2) is 36.5 Å². The van der Waals surface area contributed by atoms with Crippen LogP contribution >= 0.6 is 0 Å². The van der Waals surface area contributed by atoms with Gasteiger partial charge in [0.05, 0.1) is 32.0 Å². The molecule has 156 valence electrons. The number of nitrogens with one attached hydrogen (secondary N) is 1. The zero-order valence-electron chi connectivity index (χ0n) is 16.6. The van der Waals surface area contributed by atoms with Crippen LogP contribution < -0.4 is 5.32 Å². The van der Waals surface area contributed by atoms with E-state index in [1.54, 1.807) is 18.0 Å². The highest BCUT2D eigenvalue weighted by molar-refractivity contribution is 5.91. The Kier molecular flexibility index (Phi) is 7.71. The number of benzene rings is 1. The van der Waals surface area contributed by atoms with Crippen molar-refractivity contribution in [1.29, 1.82) is 0 Å². The predicted molar refractivity (Wildman–Crippen MR) is 105 cm³/mol. The normalized spacial score (nSPS) is 16.2. The molecule has 2 amide bonds. The number of likely N-dealkylation sites (tertiary alicyclic amines) is 1. The number of carbonyl (C=O) groups is 2. The zero-order chi connectivity index (χ0) is 20.5. The lowest BCUT2D eigenvalue weighted by Crippen LogP contribution is -2.40. The van der Waals surface area contributed by atoms with Gasteiger partial charge in [0.2, 0.25) is 5.91 Å². The third-order valence-electron chi connectivity index (χ3n) is 4.80. The number of hydrogen-bond acceptors (Lipinski definition) is 6. The molecule has 1 atom stereocenters. The molecule has 0 unspecified atom stereocenters. The van der Waals surface area contributed by atoms with E-state index < -0.39 is 0 Å². The van der Waals surface area contributed by atoms with E-state index >= 15 is 0 Å². The zero-order valence-corrected chi connectivity index (χ0v) is 16.6. The largest absolute Gasteiger partial charge is 0.383 e. The van der Waals surface area contributed by atoms with Crippen LogP contribution in [0.4, 0.5) is 0 Å². The molecule has 0 aliphatic carbocycles. The van der Waals surface area contributed by atoms with Gasteiger partial charge in [-0.3, -0.25) is 9.59 Å². The topological polar surface area (TPSA) is 98.6 Å². The summed E-state index contributed by atoms with van der Waals surface area (Å²) in [4.78, 5) is 26.4.